The molecule has 1 aliphatic rings. The highest BCUT2D eigenvalue weighted by Crippen LogP contribution is 2.30. The highest BCUT2D eigenvalue weighted by molar-refractivity contribution is 5.87. The van der Waals surface area contributed by atoms with E-state index in [0.717, 1.165) is 6.92 Å². The largest absolute Gasteiger partial charge is 0.431 e. The zero-order valence-corrected chi connectivity index (χ0v) is 7.59. The molecule has 84 valence electrons. The number of halogens is 3. The molecule has 1 amide bonds. The summed E-state index contributed by atoms with van der Waals surface area (Å²) in [5.74, 6) is -1.25. The van der Waals surface area contributed by atoms with Crippen LogP contribution in [-0.4, -0.2) is 22.5 Å². The normalized spacial score (nSPS) is 26.9. The maximum absolute atomic E-state index is 12.1. The average Bonchev–Trinajstić information content (AvgIpc) is 2.07. The second-order valence-corrected chi connectivity index (χ2v) is 3.30. The van der Waals surface area contributed by atoms with E-state index in [0.29, 0.717) is 6.08 Å². The van der Waals surface area contributed by atoms with Gasteiger partial charge < -0.3 is 5.32 Å². The lowest BCUT2D eigenvalue weighted by molar-refractivity contribution is -0.547. The fraction of sp³-hybridized carbons (Fsp3) is 0.571. The molecule has 0 radical (unpaired) electrons. The highest BCUT2D eigenvalue weighted by atomic mass is 19.4. The molecule has 0 aliphatic carbocycles. The van der Waals surface area contributed by atoms with Gasteiger partial charge in [0.15, 0.2) is 0 Å². The van der Waals surface area contributed by atoms with Crippen LogP contribution in [0.5, 0.6) is 0 Å². The van der Waals surface area contributed by atoms with Crippen molar-refractivity contribution in [1.82, 2.24) is 5.32 Å². The predicted molar refractivity (Wildman–Crippen MR) is 42.3 cm³/mol. The van der Waals surface area contributed by atoms with Crippen molar-refractivity contribution in [2.24, 2.45) is 0 Å². The third-order valence-electron chi connectivity index (χ3n) is 2.15. The van der Waals surface area contributed by atoms with Gasteiger partial charge in [-0.05, 0) is 6.08 Å². The van der Waals surface area contributed by atoms with Crippen LogP contribution in [-0.2, 0) is 4.79 Å². The number of nitrogens with zero attached hydrogens (tertiary/aromatic N) is 1. The molecule has 0 aromatic carbocycles. The molecule has 1 N–H and O–H groups in total. The van der Waals surface area contributed by atoms with Crippen molar-refractivity contribution < 1.29 is 22.9 Å². The Morgan fingerprint density at radius 2 is 2.13 bits per heavy atom. The summed E-state index contributed by atoms with van der Waals surface area (Å²) in [6.07, 6.45) is -4.64. The summed E-state index contributed by atoms with van der Waals surface area (Å²) in [4.78, 5) is 20.7. The zero-order valence-electron chi connectivity index (χ0n) is 7.59. The number of amides is 1. The minimum absolute atomic E-state index is 0.569. The van der Waals surface area contributed by atoms with Crippen molar-refractivity contribution in [3.8, 4) is 0 Å². The molecule has 0 fully saturated rings. The third-order valence-corrected chi connectivity index (χ3v) is 2.15. The van der Waals surface area contributed by atoms with Gasteiger partial charge in [0.1, 0.15) is 5.70 Å². The van der Waals surface area contributed by atoms with Crippen LogP contribution in [0.15, 0.2) is 11.8 Å². The van der Waals surface area contributed by atoms with Gasteiger partial charge in [-0.3, -0.25) is 14.9 Å². The van der Waals surface area contributed by atoms with Crippen LogP contribution in [0.25, 0.3) is 0 Å². The van der Waals surface area contributed by atoms with E-state index in [1.807, 2.05) is 0 Å². The van der Waals surface area contributed by atoms with E-state index in [-0.39, 0.29) is 0 Å². The molecule has 0 aromatic rings. The Kier molecular flexibility index (Phi) is 2.46. The second-order valence-electron chi connectivity index (χ2n) is 3.30. The van der Waals surface area contributed by atoms with E-state index < -0.39 is 34.7 Å². The topological polar surface area (TPSA) is 72.2 Å². The van der Waals surface area contributed by atoms with Gasteiger partial charge >= 0.3 is 12.1 Å². The Bertz CT molecular complexity index is 350. The minimum Gasteiger partial charge on any atom is -0.316 e. The molecule has 1 unspecified atom stereocenters. The van der Waals surface area contributed by atoms with Crippen molar-refractivity contribution in [2.45, 2.75) is 25.1 Å². The lowest BCUT2D eigenvalue weighted by atomic mass is 9.93. The molecule has 0 saturated carbocycles. The van der Waals surface area contributed by atoms with Gasteiger partial charge in [0, 0.05) is 18.3 Å². The number of carbonyl (C=O) groups excluding carboxylic acids is 1. The number of nitro groups is 1. The third kappa shape index (κ3) is 1.92. The lowest BCUT2D eigenvalue weighted by Gasteiger charge is -2.25. The van der Waals surface area contributed by atoms with Gasteiger partial charge in [-0.2, -0.15) is 13.2 Å². The number of alkyl halides is 3. The van der Waals surface area contributed by atoms with Crippen molar-refractivity contribution >= 4 is 5.91 Å². The molecule has 0 aromatic heterocycles. The minimum atomic E-state index is -4.69. The summed E-state index contributed by atoms with van der Waals surface area (Å²) in [5, 5.41) is 12.0. The van der Waals surface area contributed by atoms with E-state index in [4.69, 9.17) is 0 Å². The Balaban J connectivity index is 2.99. The molecular formula is C7H7F3N2O3. The smallest absolute Gasteiger partial charge is 0.316 e. The number of rotatable bonds is 1. The maximum atomic E-state index is 12.1. The number of allylic oxidation sites excluding steroid dienone is 1. The monoisotopic (exact) mass is 224 g/mol. The fourth-order valence-corrected chi connectivity index (χ4v) is 1.05. The fourth-order valence-electron chi connectivity index (χ4n) is 1.05. The maximum Gasteiger partial charge on any atom is 0.431 e. The zero-order chi connectivity index (χ0) is 11.9. The molecule has 1 aliphatic heterocycles. The van der Waals surface area contributed by atoms with E-state index in [2.05, 4.69) is 0 Å². The molecule has 15 heavy (non-hydrogen) atoms. The predicted octanol–water partition coefficient (Wildman–Crippen LogP) is 0.988. The van der Waals surface area contributed by atoms with Crippen molar-refractivity contribution in [3.63, 3.8) is 0 Å². The Hall–Kier alpha value is -1.60. The Labute approximate surface area is 82.1 Å². The first-order chi connectivity index (χ1) is 6.68. The van der Waals surface area contributed by atoms with Crippen molar-refractivity contribution in [1.29, 1.82) is 0 Å². The summed E-state index contributed by atoms with van der Waals surface area (Å²) >= 11 is 0. The quantitative estimate of drug-likeness (QED) is 0.533. The van der Waals surface area contributed by atoms with Crippen LogP contribution in [0.2, 0.25) is 0 Å². The summed E-state index contributed by atoms with van der Waals surface area (Å²) in [6.45, 7) is 0.978. The summed E-state index contributed by atoms with van der Waals surface area (Å²) < 4.78 is 36.3. The van der Waals surface area contributed by atoms with Crippen molar-refractivity contribution in [2.75, 3.05) is 0 Å². The standard InChI is InChI=1S/C7H7F3N2O3/c1-6(12(14)15)3-2-4(7(8,9)10)11-5(6)13/h2H,3H2,1H3,(H,11,13). The summed E-state index contributed by atoms with van der Waals surface area (Å²) in [7, 11) is 0. The molecule has 1 heterocycles. The first-order valence-electron chi connectivity index (χ1n) is 3.91. The molecular weight excluding hydrogens is 217 g/mol. The molecule has 5 nitrogen and oxygen atoms in total. The van der Waals surface area contributed by atoms with Gasteiger partial charge in [-0.25, -0.2) is 0 Å². The van der Waals surface area contributed by atoms with Crippen LogP contribution in [0.1, 0.15) is 13.3 Å². The van der Waals surface area contributed by atoms with Crippen LogP contribution >= 0.6 is 0 Å². The number of nitrogens with one attached hydrogen (secondary N) is 1. The SMILES string of the molecule is CC1([N+](=O)[O-])CC=C(C(F)(F)F)NC1=O. The van der Waals surface area contributed by atoms with Crippen LogP contribution in [0.4, 0.5) is 13.2 Å². The van der Waals surface area contributed by atoms with Crippen molar-refractivity contribution in [3.05, 3.63) is 21.9 Å². The number of carbonyl (C=O) groups is 1. The van der Waals surface area contributed by atoms with Crippen LogP contribution in [0.3, 0.4) is 0 Å². The number of hydrogen-bond acceptors (Lipinski definition) is 3. The van der Waals surface area contributed by atoms with Gasteiger partial charge in [0.25, 0.3) is 5.54 Å². The van der Waals surface area contributed by atoms with Gasteiger partial charge in [-0.1, -0.05) is 0 Å². The van der Waals surface area contributed by atoms with Gasteiger partial charge in [-0.15, -0.1) is 0 Å². The Morgan fingerprint density at radius 3 is 2.47 bits per heavy atom. The first-order valence-corrected chi connectivity index (χ1v) is 3.91. The molecule has 1 atom stereocenters. The van der Waals surface area contributed by atoms with E-state index in [9.17, 15) is 28.1 Å². The molecule has 1 rings (SSSR count). The Morgan fingerprint density at radius 1 is 1.60 bits per heavy atom. The van der Waals surface area contributed by atoms with Gasteiger partial charge in [0.05, 0.1) is 0 Å². The van der Waals surface area contributed by atoms with E-state index in [1.54, 1.807) is 0 Å². The second kappa shape index (κ2) is 3.21. The molecule has 0 saturated heterocycles. The highest BCUT2D eigenvalue weighted by Gasteiger charge is 2.51. The van der Waals surface area contributed by atoms with E-state index in [1.165, 1.54) is 5.32 Å². The molecule has 0 bridgehead atoms. The average molecular weight is 224 g/mol. The van der Waals surface area contributed by atoms with Gasteiger partial charge in [0.2, 0.25) is 0 Å². The molecule has 8 heteroatoms. The first kappa shape index (κ1) is 11.5. The number of hydrogen-bond donors (Lipinski definition) is 1. The van der Waals surface area contributed by atoms with E-state index >= 15 is 0 Å². The molecule has 0 spiro atoms. The lowest BCUT2D eigenvalue weighted by Crippen LogP contribution is -2.53. The van der Waals surface area contributed by atoms with Crippen LogP contribution < -0.4 is 5.32 Å². The van der Waals surface area contributed by atoms with Crippen LogP contribution in [0, 0.1) is 10.1 Å². The summed E-state index contributed by atoms with van der Waals surface area (Å²) in [5.41, 5.74) is -3.26. The summed E-state index contributed by atoms with van der Waals surface area (Å²) in [6, 6.07) is 0.